The molecule has 0 unspecified atom stereocenters. The van der Waals surface area contributed by atoms with Crippen LogP contribution < -0.4 is 0 Å². The molecule has 0 saturated carbocycles. The van der Waals surface area contributed by atoms with Crippen molar-refractivity contribution < 1.29 is 0 Å². The topological polar surface area (TPSA) is 12.9 Å². The normalized spacial score (nSPS) is 8.44. The first-order valence-electron chi connectivity index (χ1n) is 2.41. The maximum absolute atomic E-state index is 5.09. The van der Waals surface area contributed by atoms with Crippen LogP contribution in [0.3, 0.4) is 0 Å². The van der Waals surface area contributed by atoms with Crippen LogP contribution in [0.1, 0.15) is 5.56 Å². The first-order valence-corrected chi connectivity index (χ1v) is 3.20. The van der Waals surface area contributed by atoms with Crippen LogP contribution >= 0.6 is 15.9 Å². The molecule has 0 amide bonds. The van der Waals surface area contributed by atoms with Gasteiger partial charge in [-0.2, -0.15) is 0 Å². The van der Waals surface area contributed by atoms with Crippen LogP contribution in [0.4, 0.5) is 0 Å². The summed E-state index contributed by atoms with van der Waals surface area (Å²) < 4.78 is 0.807. The molecule has 1 aromatic heterocycles. The Hall–Kier alpha value is -0.810. The molecule has 1 rings (SSSR count). The molecule has 0 aromatic carbocycles. The highest BCUT2D eigenvalue weighted by Gasteiger charge is 1.85. The van der Waals surface area contributed by atoms with Gasteiger partial charge in [0.25, 0.3) is 0 Å². The zero-order chi connectivity index (χ0) is 6.69. The van der Waals surface area contributed by atoms with Gasteiger partial charge in [0.2, 0.25) is 0 Å². The fraction of sp³-hybridized carbons (Fsp3) is 0. The van der Waals surface area contributed by atoms with E-state index in [0.717, 1.165) is 10.2 Å². The molecule has 0 fully saturated rings. The average Bonchev–Trinajstić information content (AvgIpc) is 1.90. The molecule has 1 aromatic rings. The Bertz CT molecular complexity index is 232. The lowest BCUT2D eigenvalue weighted by atomic mass is 10.3. The van der Waals surface area contributed by atoms with Crippen LogP contribution in [0.15, 0.2) is 22.9 Å². The number of halogens is 1. The lowest BCUT2D eigenvalue weighted by Crippen LogP contribution is -1.76. The smallest absolute Gasteiger partial charge is 0.106 e. The number of aromatic nitrogens is 1. The second-order valence-electron chi connectivity index (χ2n) is 1.51. The minimum Gasteiger partial charge on any atom is -0.248 e. The van der Waals surface area contributed by atoms with E-state index >= 15 is 0 Å². The van der Waals surface area contributed by atoms with Gasteiger partial charge in [-0.25, -0.2) is 4.98 Å². The van der Waals surface area contributed by atoms with Crippen LogP contribution in [-0.4, -0.2) is 4.98 Å². The highest BCUT2D eigenvalue weighted by atomic mass is 79.9. The summed E-state index contributed by atoms with van der Waals surface area (Å²) in [6.07, 6.45) is 6.74. The van der Waals surface area contributed by atoms with Crippen LogP contribution in [0.2, 0.25) is 0 Å². The Labute approximate surface area is 62.2 Å². The first-order chi connectivity index (χ1) is 4.33. The number of hydrogen-bond donors (Lipinski definition) is 0. The van der Waals surface area contributed by atoms with E-state index in [9.17, 15) is 0 Å². The Morgan fingerprint density at radius 3 is 2.78 bits per heavy atom. The molecule has 9 heavy (non-hydrogen) atoms. The molecule has 0 spiro atoms. The van der Waals surface area contributed by atoms with Crippen LogP contribution in [0.25, 0.3) is 0 Å². The standard InChI is InChI=1S/C7H4BrN/c1-2-6-3-4-7(8)9-5-6/h1,3-5H. The van der Waals surface area contributed by atoms with Gasteiger partial charge in [0.05, 0.1) is 0 Å². The first kappa shape index (κ1) is 6.31. The van der Waals surface area contributed by atoms with Crippen molar-refractivity contribution in [2.75, 3.05) is 0 Å². The second kappa shape index (κ2) is 2.65. The molecule has 0 bridgehead atoms. The monoisotopic (exact) mass is 181 g/mol. The molecule has 1 heterocycles. The third-order valence-electron chi connectivity index (χ3n) is 0.894. The van der Waals surface area contributed by atoms with Crippen molar-refractivity contribution in [2.24, 2.45) is 0 Å². The zero-order valence-electron chi connectivity index (χ0n) is 4.63. The van der Waals surface area contributed by atoms with Crippen molar-refractivity contribution in [1.82, 2.24) is 4.98 Å². The lowest BCUT2D eigenvalue weighted by Gasteiger charge is -1.87. The third-order valence-corrected chi connectivity index (χ3v) is 1.36. The zero-order valence-corrected chi connectivity index (χ0v) is 6.22. The molecule has 0 radical (unpaired) electrons. The average molecular weight is 182 g/mol. The summed E-state index contributed by atoms with van der Waals surface area (Å²) in [6, 6.07) is 3.65. The van der Waals surface area contributed by atoms with Gasteiger partial charge in [0.1, 0.15) is 4.60 Å². The SMILES string of the molecule is C#Cc1ccc(Br)nc1. The molecule has 44 valence electrons. The van der Waals surface area contributed by atoms with Crippen LogP contribution in [-0.2, 0) is 0 Å². The maximum atomic E-state index is 5.09. The molecule has 0 saturated heterocycles. The van der Waals surface area contributed by atoms with E-state index < -0.39 is 0 Å². The van der Waals surface area contributed by atoms with Crippen molar-refractivity contribution in [3.8, 4) is 12.3 Å². The maximum Gasteiger partial charge on any atom is 0.106 e. The van der Waals surface area contributed by atoms with Gasteiger partial charge in [-0.05, 0) is 28.1 Å². The van der Waals surface area contributed by atoms with E-state index in [2.05, 4.69) is 26.8 Å². The van der Waals surface area contributed by atoms with Crippen LogP contribution in [0.5, 0.6) is 0 Å². The number of nitrogens with zero attached hydrogens (tertiary/aromatic N) is 1. The van der Waals surface area contributed by atoms with E-state index in [1.54, 1.807) is 6.20 Å². The fourth-order valence-corrected chi connectivity index (χ4v) is 0.696. The van der Waals surface area contributed by atoms with Crippen molar-refractivity contribution in [3.63, 3.8) is 0 Å². The van der Waals surface area contributed by atoms with Gasteiger partial charge < -0.3 is 0 Å². The highest BCUT2D eigenvalue weighted by molar-refractivity contribution is 9.10. The Kier molecular flexibility index (Phi) is 1.86. The molecular weight excluding hydrogens is 178 g/mol. The molecule has 0 aliphatic heterocycles. The van der Waals surface area contributed by atoms with Crippen molar-refractivity contribution >= 4 is 15.9 Å². The van der Waals surface area contributed by atoms with Gasteiger partial charge in [0.15, 0.2) is 0 Å². The van der Waals surface area contributed by atoms with E-state index in [0.29, 0.717) is 0 Å². The van der Waals surface area contributed by atoms with Crippen LogP contribution in [0, 0.1) is 12.3 Å². The Morgan fingerprint density at radius 2 is 2.33 bits per heavy atom. The molecule has 0 N–H and O–H groups in total. The summed E-state index contributed by atoms with van der Waals surface area (Å²) in [7, 11) is 0. The second-order valence-corrected chi connectivity index (χ2v) is 2.33. The van der Waals surface area contributed by atoms with Gasteiger partial charge in [-0.1, -0.05) is 5.92 Å². The molecular formula is C7H4BrN. The number of pyridine rings is 1. The van der Waals surface area contributed by atoms with E-state index in [-0.39, 0.29) is 0 Å². The predicted octanol–water partition coefficient (Wildman–Crippen LogP) is 1.83. The largest absolute Gasteiger partial charge is 0.248 e. The molecule has 0 atom stereocenters. The van der Waals surface area contributed by atoms with Crippen molar-refractivity contribution in [2.45, 2.75) is 0 Å². The quantitative estimate of drug-likeness (QED) is 0.440. The van der Waals surface area contributed by atoms with E-state index in [1.807, 2.05) is 12.1 Å². The minimum absolute atomic E-state index is 0.804. The Morgan fingerprint density at radius 1 is 1.56 bits per heavy atom. The summed E-state index contributed by atoms with van der Waals surface area (Å²) in [5.41, 5.74) is 0.804. The minimum atomic E-state index is 0.804. The molecule has 1 nitrogen and oxygen atoms in total. The lowest BCUT2D eigenvalue weighted by molar-refractivity contribution is 1.26. The highest BCUT2D eigenvalue weighted by Crippen LogP contribution is 2.04. The summed E-state index contributed by atoms with van der Waals surface area (Å²) in [5.74, 6) is 2.47. The molecule has 0 aliphatic carbocycles. The van der Waals surface area contributed by atoms with E-state index in [1.165, 1.54) is 0 Å². The van der Waals surface area contributed by atoms with Gasteiger partial charge in [0, 0.05) is 11.8 Å². The molecule has 2 heteroatoms. The van der Waals surface area contributed by atoms with Gasteiger partial charge in [-0.15, -0.1) is 6.42 Å². The van der Waals surface area contributed by atoms with Gasteiger partial charge >= 0.3 is 0 Å². The predicted molar refractivity (Wildman–Crippen MR) is 39.9 cm³/mol. The summed E-state index contributed by atoms with van der Waals surface area (Å²) >= 11 is 3.19. The molecule has 0 aliphatic rings. The van der Waals surface area contributed by atoms with Gasteiger partial charge in [-0.3, -0.25) is 0 Å². The summed E-state index contributed by atoms with van der Waals surface area (Å²) in [4.78, 5) is 3.92. The van der Waals surface area contributed by atoms with Crippen molar-refractivity contribution in [3.05, 3.63) is 28.5 Å². The van der Waals surface area contributed by atoms with E-state index in [4.69, 9.17) is 6.42 Å². The number of hydrogen-bond acceptors (Lipinski definition) is 1. The Balaban J connectivity index is 3.06. The number of terminal acetylenes is 1. The summed E-state index contributed by atoms with van der Waals surface area (Å²) in [5, 5.41) is 0. The third kappa shape index (κ3) is 1.55. The number of rotatable bonds is 0. The summed E-state index contributed by atoms with van der Waals surface area (Å²) in [6.45, 7) is 0. The van der Waals surface area contributed by atoms with Crippen molar-refractivity contribution in [1.29, 1.82) is 0 Å². The fourth-order valence-electron chi connectivity index (χ4n) is 0.461.